The Morgan fingerprint density at radius 3 is 2.79 bits per heavy atom. The predicted octanol–water partition coefficient (Wildman–Crippen LogP) is 3.38. The molecule has 28 heavy (non-hydrogen) atoms. The van der Waals surface area contributed by atoms with E-state index < -0.39 is 11.9 Å². The van der Waals surface area contributed by atoms with Crippen LogP contribution in [0.3, 0.4) is 0 Å². The van der Waals surface area contributed by atoms with E-state index in [1.54, 1.807) is 7.11 Å². The topological polar surface area (TPSA) is 88.9 Å². The Morgan fingerprint density at radius 1 is 1.29 bits per heavy atom. The molecule has 0 saturated carbocycles. The lowest BCUT2D eigenvalue weighted by atomic mass is 10.2. The van der Waals surface area contributed by atoms with E-state index in [-0.39, 0.29) is 18.8 Å². The van der Waals surface area contributed by atoms with Crippen molar-refractivity contribution in [1.29, 1.82) is 5.26 Å². The lowest BCUT2D eigenvalue weighted by Gasteiger charge is -2.20. The summed E-state index contributed by atoms with van der Waals surface area (Å²) in [5.41, 5.74) is 0.951. The van der Waals surface area contributed by atoms with Gasteiger partial charge >= 0.3 is 11.9 Å². The molecule has 1 heterocycles. The summed E-state index contributed by atoms with van der Waals surface area (Å²) in [5, 5.41) is 10.1. The molecule has 0 radical (unpaired) electrons. The number of unbranched alkanes of at least 4 members (excludes halogenated alkanes) is 1. The number of methoxy groups -OCH3 is 1. The Bertz CT molecular complexity index is 800. The molecule has 0 spiro atoms. The lowest BCUT2D eigenvalue weighted by molar-refractivity contribution is -0.139. The second kappa shape index (κ2) is 11.2. The van der Waals surface area contributed by atoms with Crippen molar-refractivity contribution in [3.63, 3.8) is 0 Å². The van der Waals surface area contributed by atoms with Crippen LogP contribution in [0.25, 0.3) is 0 Å². The highest BCUT2D eigenvalue weighted by molar-refractivity contribution is 8.03. The Morgan fingerprint density at radius 2 is 2.07 bits per heavy atom. The number of hydrogen-bond donors (Lipinski definition) is 0. The molecule has 0 fully saturated rings. The van der Waals surface area contributed by atoms with Gasteiger partial charge in [0.05, 0.1) is 18.9 Å². The van der Waals surface area contributed by atoms with Crippen LogP contribution in [0.2, 0.25) is 0 Å². The van der Waals surface area contributed by atoms with E-state index in [1.807, 2.05) is 35.2 Å². The molecule has 7 nitrogen and oxygen atoms in total. The summed E-state index contributed by atoms with van der Waals surface area (Å²) in [5.74, 6) is -1.02. The molecule has 148 valence electrons. The quantitative estimate of drug-likeness (QED) is 0.193. The lowest BCUT2D eigenvalue weighted by Crippen LogP contribution is -2.24. The van der Waals surface area contributed by atoms with Gasteiger partial charge in [-0.3, -0.25) is 4.79 Å². The van der Waals surface area contributed by atoms with Crippen LogP contribution < -0.4 is 4.90 Å². The van der Waals surface area contributed by atoms with Crippen LogP contribution in [-0.4, -0.2) is 38.8 Å². The Hall–Kier alpha value is -2.76. The smallest absolute Gasteiger partial charge is 0.330 e. The number of thioether (sulfide) groups is 1. The van der Waals surface area contributed by atoms with Gasteiger partial charge in [-0.1, -0.05) is 30.5 Å². The van der Waals surface area contributed by atoms with Crippen molar-refractivity contribution < 1.29 is 23.8 Å². The third kappa shape index (κ3) is 5.87. The van der Waals surface area contributed by atoms with Gasteiger partial charge in [0.15, 0.2) is 0 Å². The van der Waals surface area contributed by atoms with E-state index in [0.717, 1.165) is 16.7 Å². The Balaban J connectivity index is 1.99. The van der Waals surface area contributed by atoms with Gasteiger partial charge in [0.1, 0.15) is 11.1 Å². The van der Waals surface area contributed by atoms with Gasteiger partial charge in [0, 0.05) is 31.0 Å². The molecule has 1 aromatic carbocycles. The number of allylic oxidation sites excluding steroid dienone is 1. The number of para-hydroxylation sites is 1. The molecular formula is C20H22N2O5S. The maximum Gasteiger partial charge on any atom is 0.330 e. The monoisotopic (exact) mass is 402 g/mol. The summed E-state index contributed by atoms with van der Waals surface area (Å²) in [6, 6.07) is 9.73. The molecule has 0 amide bonds. The molecule has 1 aliphatic heterocycles. The number of hydrogen-bond acceptors (Lipinski definition) is 8. The first-order chi connectivity index (χ1) is 13.6. The summed E-state index contributed by atoms with van der Waals surface area (Å²) >= 11 is 1.39. The second-order valence-corrected chi connectivity index (χ2v) is 6.79. The fourth-order valence-corrected chi connectivity index (χ4v) is 3.61. The highest BCUT2D eigenvalue weighted by Gasteiger charge is 2.29. The summed E-state index contributed by atoms with van der Waals surface area (Å²) in [4.78, 5) is 26.0. The first kappa shape index (κ1) is 21.5. The van der Waals surface area contributed by atoms with E-state index in [0.29, 0.717) is 31.0 Å². The Kier molecular flexibility index (Phi) is 8.59. The number of fused-ring (bicyclic) bond motifs is 1. The zero-order valence-electron chi connectivity index (χ0n) is 15.7. The number of rotatable bonds is 10. The largest absolute Gasteiger partial charge is 0.463 e. The Labute approximate surface area is 168 Å². The SMILES string of the molecule is C=CC(=O)OCCCCC(=O)O/C(C#N)=C1\Sc2ccccc2N1CCOC. The van der Waals surface area contributed by atoms with Crippen molar-refractivity contribution in [1.82, 2.24) is 0 Å². The molecule has 1 aromatic rings. The normalized spacial score (nSPS) is 14.1. The molecule has 0 unspecified atom stereocenters. The minimum absolute atomic E-state index is 0.0274. The molecule has 2 rings (SSSR count). The molecule has 0 bridgehead atoms. The van der Waals surface area contributed by atoms with Gasteiger partial charge in [-0.2, -0.15) is 5.26 Å². The van der Waals surface area contributed by atoms with Crippen LogP contribution in [0, 0.1) is 11.3 Å². The van der Waals surface area contributed by atoms with Crippen molar-refractivity contribution in [3.05, 3.63) is 47.7 Å². The summed E-state index contributed by atoms with van der Waals surface area (Å²) < 4.78 is 15.3. The fourth-order valence-electron chi connectivity index (χ4n) is 2.49. The molecule has 0 atom stereocenters. The highest BCUT2D eigenvalue weighted by atomic mass is 32.2. The maximum absolute atomic E-state index is 12.1. The van der Waals surface area contributed by atoms with Crippen LogP contribution in [0.15, 0.2) is 52.6 Å². The average molecular weight is 402 g/mol. The number of anilines is 1. The van der Waals surface area contributed by atoms with Gasteiger partial charge in [-0.05, 0) is 25.0 Å². The number of ether oxygens (including phenoxy) is 3. The summed E-state index contributed by atoms with van der Waals surface area (Å²) in [7, 11) is 1.61. The zero-order valence-corrected chi connectivity index (χ0v) is 16.5. The maximum atomic E-state index is 12.1. The van der Waals surface area contributed by atoms with Crippen LogP contribution in [0.4, 0.5) is 5.69 Å². The molecule has 0 aromatic heterocycles. The number of nitriles is 1. The molecule has 8 heteroatoms. The number of esters is 2. The van der Waals surface area contributed by atoms with E-state index in [9.17, 15) is 14.9 Å². The molecule has 1 aliphatic rings. The molecule has 0 N–H and O–H groups in total. The van der Waals surface area contributed by atoms with Gasteiger partial charge in [-0.15, -0.1) is 0 Å². The van der Waals surface area contributed by atoms with Crippen LogP contribution in [-0.2, 0) is 23.8 Å². The van der Waals surface area contributed by atoms with E-state index in [4.69, 9.17) is 14.2 Å². The zero-order chi connectivity index (χ0) is 20.4. The minimum atomic E-state index is -0.498. The van der Waals surface area contributed by atoms with Crippen molar-refractivity contribution in [2.45, 2.75) is 24.2 Å². The van der Waals surface area contributed by atoms with Crippen LogP contribution >= 0.6 is 11.8 Å². The van der Waals surface area contributed by atoms with Crippen molar-refractivity contribution in [3.8, 4) is 6.07 Å². The van der Waals surface area contributed by atoms with Gasteiger partial charge in [-0.25, -0.2) is 4.79 Å². The molecular weight excluding hydrogens is 380 g/mol. The molecule has 0 aliphatic carbocycles. The standard InChI is InChI=1S/C20H22N2O5S/c1-3-18(23)26-12-7-6-10-19(24)27-16(14-21)20-22(11-13-25-2)15-8-4-5-9-17(15)28-20/h3-5,8-9H,1,6-7,10-13H2,2H3/b20-16-. The predicted molar refractivity (Wildman–Crippen MR) is 105 cm³/mol. The number of benzene rings is 1. The third-order valence-electron chi connectivity index (χ3n) is 3.82. The number of carbonyl (C=O) groups excluding carboxylic acids is 2. The fraction of sp³-hybridized carbons (Fsp3) is 0.350. The number of carbonyl (C=O) groups is 2. The van der Waals surface area contributed by atoms with Crippen molar-refractivity contribution in [2.75, 3.05) is 31.8 Å². The van der Waals surface area contributed by atoms with Crippen LogP contribution in [0.5, 0.6) is 0 Å². The second-order valence-electron chi connectivity index (χ2n) is 5.76. The van der Waals surface area contributed by atoms with Crippen LogP contribution in [0.1, 0.15) is 19.3 Å². The summed E-state index contributed by atoms with van der Waals surface area (Å²) in [6.45, 7) is 4.52. The minimum Gasteiger partial charge on any atom is -0.463 e. The summed E-state index contributed by atoms with van der Waals surface area (Å²) in [6.07, 6.45) is 2.22. The van der Waals surface area contributed by atoms with E-state index in [1.165, 1.54) is 11.8 Å². The van der Waals surface area contributed by atoms with E-state index >= 15 is 0 Å². The third-order valence-corrected chi connectivity index (χ3v) is 4.99. The van der Waals surface area contributed by atoms with Crippen molar-refractivity contribution in [2.24, 2.45) is 0 Å². The highest BCUT2D eigenvalue weighted by Crippen LogP contribution is 2.47. The first-order valence-corrected chi connectivity index (χ1v) is 9.60. The first-order valence-electron chi connectivity index (χ1n) is 8.78. The van der Waals surface area contributed by atoms with Gasteiger partial charge in [0.2, 0.25) is 5.76 Å². The van der Waals surface area contributed by atoms with E-state index in [2.05, 4.69) is 6.58 Å². The average Bonchev–Trinajstić information content (AvgIpc) is 3.08. The number of nitrogens with zero attached hydrogens (tertiary/aromatic N) is 2. The van der Waals surface area contributed by atoms with Gasteiger partial charge < -0.3 is 19.1 Å². The van der Waals surface area contributed by atoms with Crippen molar-refractivity contribution >= 4 is 29.4 Å². The molecule has 0 saturated heterocycles. The van der Waals surface area contributed by atoms with Gasteiger partial charge in [0.25, 0.3) is 0 Å².